The molecule has 5 heteroatoms. The maximum Gasteiger partial charge on any atom is 0.109 e. The lowest BCUT2D eigenvalue weighted by Gasteiger charge is -2.34. The van der Waals surface area contributed by atoms with Crippen molar-refractivity contribution in [2.75, 3.05) is 52.5 Å². The second-order valence-corrected chi connectivity index (χ2v) is 3.69. The molecule has 83 valence electrons. The molecule has 0 aromatic carbocycles. The van der Waals surface area contributed by atoms with Crippen molar-refractivity contribution in [3.63, 3.8) is 0 Å². The molecule has 0 amide bonds. The predicted molar refractivity (Wildman–Crippen MR) is 51.5 cm³/mol. The molecule has 0 saturated carbocycles. The van der Waals surface area contributed by atoms with Crippen LogP contribution < -0.4 is 0 Å². The molecule has 1 rings (SSSR count). The molecule has 1 unspecified atom stereocenters. The molecule has 0 bridgehead atoms. The molecule has 1 fully saturated rings. The summed E-state index contributed by atoms with van der Waals surface area (Å²) in [6.07, 6.45) is -0.737. The van der Waals surface area contributed by atoms with E-state index in [2.05, 4.69) is 9.80 Å². The van der Waals surface area contributed by atoms with Gasteiger partial charge in [0.25, 0.3) is 0 Å². The number of β-amino-alcohol motifs (C(OH)–C–C–N with tert-alkyl or cyclic N) is 2. The lowest BCUT2D eigenvalue weighted by molar-refractivity contribution is 0.0158. The minimum absolute atomic E-state index is 0.198. The Bertz CT molecular complexity index is 149. The zero-order valence-electron chi connectivity index (χ0n) is 8.43. The van der Waals surface area contributed by atoms with Crippen LogP contribution in [0.1, 0.15) is 0 Å². The molecule has 0 spiro atoms. The third kappa shape index (κ3) is 3.89. The highest BCUT2D eigenvalue weighted by Crippen LogP contribution is 2.01. The molecule has 1 aliphatic rings. The Balaban J connectivity index is 2.15. The Labute approximate surface area is 84.6 Å². The molecule has 0 aliphatic carbocycles. The zero-order valence-corrected chi connectivity index (χ0v) is 8.43. The van der Waals surface area contributed by atoms with Crippen molar-refractivity contribution in [1.29, 1.82) is 0 Å². The standard InChI is InChI=1S/C9H19N2O3/c12-6-5-10-1-3-11(4-2-10)7-9(14)8-13/h9,12,14H,1-8H2. The summed E-state index contributed by atoms with van der Waals surface area (Å²) in [5.74, 6) is 0. The third-order valence-electron chi connectivity index (χ3n) is 2.54. The van der Waals surface area contributed by atoms with E-state index >= 15 is 0 Å². The first-order chi connectivity index (χ1) is 6.76. The quantitative estimate of drug-likeness (QED) is 0.564. The van der Waals surface area contributed by atoms with E-state index in [0.29, 0.717) is 6.54 Å². The van der Waals surface area contributed by atoms with Crippen LogP contribution in [0.3, 0.4) is 0 Å². The number of piperazine rings is 1. The molecule has 2 N–H and O–H groups in total. The van der Waals surface area contributed by atoms with Crippen LogP contribution in [0.25, 0.3) is 0 Å². The van der Waals surface area contributed by atoms with Crippen LogP contribution in [0.2, 0.25) is 0 Å². The van der Waals surface area contributed by atoms with Gasteiger partial charge < -0.3 is 10.2 Å². The van der Waals surface area contributed by atoms with Crippen molar-refractivity contribution in [2.45, 2.75) is 6.10 Å². The van der Waals surface area contributed by atoms with Gasteiger partial charge in [0.05, 0.1) is 12.7 Å². The molecule has 1 heterocycles. The Morgan fingerprint density at radius 2 is 1.71 bits per heavy atom. The van der Waals surface area contributed by atoms with Crippen LogP contribution in [0.5, 0.6) is 0 Å². The molecule has 1 radical (unpaired) electrons. The van der Waals surface area contributed by atoms with Crippen molar-refractivity contribution in [3.8, 4) is 0 Å². The first-order valence-corrected chi connectivity index (χ1v) is 5.08. The predicted octanol–water partition coefficient (Wildman–Crippen LogP) is -1.61. The lowest BCUT2D eigenvalue weighted by atomic mass is 10.2. The average molecular weight is 203 g/mol. The van der Waals surface area contributed by atoms with Crippen LogP contribution in [-0.2, 0) is 5.11 Å². The largest absolute Gasteiger partial charge is 0.395 e. The third-order valence-corrected chi connectivity index (χ3v) is 2.54. The van der Waals surface area contributed by atoms with Crippen molar-refractivity contribution >= 4 is 0 Å². The number of aliphatic hydroxyl groups is 2. The highest BCUT2D eigenvalue weighted by atomic mass is 16.3. The minimum Gasteiger partial charge on any atom is -0.395 e. The van der Waals surface area contributed by atoms with Gasteiger partial charge in [0.2, 0.25) is 0 Å². The highest BCUT2D eigenvalue weighted by molar-refractivity contribution is 4.73. The lowest BCUT2D eigenvalue weighted by Crippen LogP contribution is -2.49. The van der Waals surface area contributed by atoms with Gasteiger partial charge in [0.1, 0.15) is 6.61 Å². The van der Waals surface area contributed by atoms with Gasteiger partial charge >= 0.3 is 0 Å². The van der Waals surface area contributed by atoms with Crippen LogP contribution in [0.15, 0.2) is 0 Å². The van der Waals surface area contributed by atoms with Crippen molar-refractivity contribution in [1.82, 2.24) is 9.80 Å². The average Bonchev–Trinajstić information content (AvgIpc) is 2.21. The summed E-state index contributed by atoms with van der Waals surface area (Å²) in [5, 5.41) is 28.3. The number of rotatable bonds is 5. The van der Waals surface area contributed by atoms with E-state index in [0.717, 1.165) is 32.7 Å². The normalized spacial score (nSPS) is 22.5. The smallest absolute Gasteiger partial charge is 0.109 e. The fourth-order valence-electron chi connectivity index (χ4n) is 1.69. The number of nitrogens with zero attached hydrogens (tertiary/aromatic N) is 2. The van der Waals surface area contributed by atoms with Crippen LogP contribution in [-0.4, -0.2) is 78.6 Å². The van der Waals surface area contributed by atoms with Crippen molar-refractivity contribution in [3.05, 3.63) is 0 Å². The molecule has 1 atom stereocenters. The fraction of sp³-hybridized carbons (Fsp3) is 1.00. The van der Waals surface area contributed by atoms with Gasteiger partial charge in [-0.15, -0.1) is 0 Å². The maximum absolute atomic E-state index is 10.4. The topological polar surface area (TPSA) is 66.8 Å². The molecular formula is C9H19N2O3. The summed E-state index contributed by atoms with van der Waals surface area (Å²) >= 11 is 0. The van der Waals surface area contributed by atoms with E-state index in [4.69, 9.17) is 5.11 Å². The summed E-state index contributed by atoms with van der Waals surface area (Å²) < 4.78 is 0. The van der Waals surface area contributed by atoms with Crippen LogP contribution in [0, 0.1) is 0 Å². The zero-order chi connectivity index (χ0) is 10.4. The monoisotopic (exact) mass is 203 g/mol. The Morgan fingerprint density at radius 3 is 2.21 bits per heavy atom. The van der Waals surface area contributed by atoms with Gasteiger partial charge in [-0.05, 0) is 0 Å². The second kappa shape index (κ2) is 6.31. The maximum atomic E-state index is 10.4. The summed E-state index contributed by atoms with van der Waals surface area (Å²) in [6, 6.07) is 0. The van der Waals surface area contributed by atoms with E-state index in [-0.39, 0.29) is 6.61 Å². The SMILES string of the molecule is [O]CC(O)CN1CCN(CCO)CC1. The minimum atomic E-state index is -0.737. The second-order valence-electron chi connectivity index (χ2n) is 3.69. The van der Waals surface area contributed by atoms with E-state index in [1.54, 1.807) is 0 Å². The Hall–Kier alpha value is -0.200. The van der Waals surface area contributed by atoms with E-state index in [1.165, 1.54) is 0 Å². The first kappa shape index (κ1) is 11.9. The van der Waals surface area contributed by atoms with Gasteiger partial charge in [-0.3, -0.25) is 9.80 Å². The summed E-state index contributed by atoms with van der Waals surface area (Å²) in [5.41, 5.74) is 0. The van der Waals surface area contributed by atoms with Gasteiger partial charge in [-0.2, -0.15) is 0 Å². The molecule has 0 aromatic rings. The van der Waals surface area contributed by atoms with Crippen LogP contribution in [0.4, 0.5) is 0 Å². The number of hydrogen-bond donors (Lipinski definition) is 2. The molecule has 5 nitrogen and oxygen atoms in total. The molecule has 0 aromatic heterocycles. The number of aliphatic hydroxyl groups excluding tert-OH is 2. The highest BCUT2D eigenvalue weighted by Gasteiger charge is 2.18. The van der Waals surface area contributed by atoms with Crippen LogP contribution >= 0.6 is 0 Å². The number of hydrogen-bond acceptors (Lipinski definition) is 4. The van der Waals surface area contributed by atoms with Crippen molar-refractivity contribution in [2.24, 2.45) is 0 Å². The molecular weight excluding hydrogens is 184 g/mol. The van der Waals surface area contributed by atoms with Gasteiger partial charge in [0.15, 0.2) is 0 Å². The molecule has 14 heavy (non-hydrogen) atoms. The molecule has 1 saturated heterocycles. The van der Waals surface area contributed by atoms with E-state index < -0.39 is 12.7 Å². The first-order valence-electron chi connectivity index (χ1n) is 5.08. The summed E-state index contributed by atoms with van der Waals surface area (Å²) in [6.45, 7) is 4.54. The van der Waals surface area contributed by atoms with Gasteiger partial charge in [-0.25, -0.2) is 5.11 Å². The summed E-state index contributed by atoms with van der Waals surface area (Å²) in [4.78, 5) is 4.27. The van der Waals surface area contributed by atoms with Gasteiger partial charge in [-0.1, -0.05) is 0 Å². The Kier molecular flexibility index (Phi) is 5.36. The summed E-state index contributed by atoms with van der Waals surface area (Å²) in [7, 11) is 0. The fourth-order valence-corrected chi connectivity index (χ4v) is 1.69. The molecule has 1 aliphatic heterocycles. The van der Waals surface area contributed by atoms with E-state index in [1.807, 2.05) is 0 Å². The van der Waals surface area contributed by atoms with E-state index in [9.17, 15) is 10.2 Å². The van der Waals surface area contributed by atoms with Crippen molar-refractivity contribution < 1.29 is 15.3 Å². The van der Waals surface area contributed by atoms with Gasteiger partial charge in [0, 0.05) is 39.3 Å². The Morgan fingerprint density at radius 1 is 1.14 bits per heavy atom.